The molecule has 2 aromatic rings. The lowest BCUT2D eigenvalue weighted by molar-refractivity contribution is -0.231. The third-order valence-electron chi connectivity index (χ3n) is 4.74. The highest BCUT2D eigenvalue weighted by Gasteiger charge is 2.07. The zero-order chi connectivity index (χ0) is 41.4. The van der Waals surface area contributed by atoms with Gasteiger partial charge in [-0.05, 0) is 41.5 Å². The molecule has 3 unspecified atom stereocenters. The molecule has 0 heterocycles. The molecule has 0 saturated heterocycles. The van der Waals surface area contributed by atoms with E-state index in [0.717, 1.165) is 17.2 Å². The molecule has 2 aromatic carbocycles. The second kappa shape index (κ2) is 21.7. The minimum absolute atomic E-state index is 0. The molecule has 41 heavy (non-hydrogen) atoms. The van der Waals surface area contributed by atoms with E-state index in [9.17, 15) is 15.0 Å². The molecule has 2 rings (SSSR count). The van der Waals surface area contributed by atoms with Crippen LogP contribution >= 0.6 is 0 Å². The Bertz CT molecular complexity index is 1400. The van der Waals surface area contributed by atoms with E-state index in [1.54, 1.807) is 48.5 Å². The summed E-state index contributed by atoms with van der Waals surface area (Å²) in [7, 11) is 0. The maximum absolute atomic E-state index is 10.1. The summed E-state index contributed by atoms with van der Waals surface area (Å²) < 4.78 is 114. The minimum Gasteiger partial charge on any atom is -0.491 e. The molecule has 0 aliphatic rings. The third kappa shape index (κ3) is 19.6. The van der Waals surface area contributed by atoms with Crippen LogP contribution in [0.25, 0.3) is 0 Å². The maximum Gasteiger partial charge on any atom is 0.328 e. The van der Waals surface area contributed by atoms with Gasteiger partial charge in [0.1, 0.15) is 43.5 Å². The lowest BCUT2D eigenvalue weighted by atomic mass is 10.2. The number of ether oxygens (including phenoxy) is 3. The van der Waals surface area contributed by atoms with Crippen molar-refractivity contribution in [3.8, 4) is 11.5 Å². The topological polar surface area (TPSA) is 159 Å². The Morgan fingerprint density at radius 2 is 1.39 bits per heavy atom. The van der Waals surface area contributed by atoms with Crippen LogP contribution < -0.4 is 20.1 Å². The number of carboxylic acid groups (broad SMARTS) is 1. The Morgan fingerprint density at radius 3 is 1.80 bits per heavy atom. The van der Waals surface area contributed by atoms with Crippen molar-refractivity contribution in [3.63, 3.8) is 0 Å². The van der Waals surface area contributed by atoms with Crippen LogP contribution in [0.15, 0.2) is 60.7 Å². The van der Waals surface area contributed by atoms with E-state index in [4.69, 9.17) is 42.4 Å². The van der Waals surface area contributed by atoms with Gasteiger partial charge >= 0.3 is 5.97 Å². The van der Waals surface area contributed by atoms with Crippen molar-refractivity contribution >= 4 is 5.97 Å². The number of nitrogens with one attached hydrogen (secondary N) is 2. The van der Waals surface area contributed by atoms with Crippen LogP contribution in [0.5, 0.6) is 11.5 Å². The predicted molar refractivity (Wildman–Crippen MR) is 158 cm³/mol. The molecular weight excluding hydrogens is 532 g/mol. The number of benzene rings is 2. The summed E-state index contributed by atoms with van der Waals surface area (Å²) in [5.74, 6) is -0.224. The van der Waals surface area contributed by atoms with Crippen LogP contribution in [0, 0.1) is 0 Å². The maximum atomic E-state index is 10.1. The molecule has 11 nitrogen and oxygen atoms in total. The van der Waals surface area contributed by atoms with E-state index in [1.165, 1.54) is 6.08 Å². The van der Waals surface area contributed by atoms with Crippen LogP contribution in [0.4, 0.5) is 0 Å². The van der Waals surface area contributed by atoms with Gasteiger partial charge in [-0.2, -0.15) is 0 Å². The number of hydrogen-bond acceptors (Lipinski definition) is 10. The molecule has 0 radical (unpaired) electrons. The van der Waals surface area contributed by atoms with Crippen LogP contribution in [-0.2, 0) is 27.6 Å². The SMILES string of the molecule is O=C(O)/C=C/COO.[2HH].[2H]C([2H])C([2H])(NCC(O)COc1ccc(COCc2ccc(OCC(O)CNC([2H])(C([2H])([2H])[2H])C([2H])([2H])[2H])cc2)cc1)C([2H])([2H])[2H]. The molecule has 0 amide bonds. The Morgan fingerprint density at radius 1 is 0.902 bits per heavy atom. The zero-order valence-corrected chi connectivity index (χ0v) is 22.3. The lowest BCUT2D eigenvalue weighted by Crippen LogP contribution is -2.35. The Balaban J connectivity index is 0.00000290. The number of rotatable bonds is 19. The second-order valence-corrected chi connectivity index (χ2v) is 8.30. The van der Waals surface area contributed by atoms with Crippen molar-refractivity contribution < 1.29 is 63.7 Å². The fourth-order valence-electron chi connectivity index (χ4n) is 2.79. The first-order valence-electron chi connectivity index (χ1n) is 18.9. The van der Waals surface area contributed by atoms with Crippen LogP contribution in [0.1, 0.15) is 57.8 Å². The Kier molecular flexibility index (Phi) is 10.6. The summed E-state index contributed by atoms with van der Waals surface area (Å²) in [5.41, 5.74) is 1.66. The highest BCUT2D eigenvalue weighted by Crippen LogP contribution is 2.16. The number of aliphatic hydroxyl groups excluding tert-OH is 2. The van der Waals surface area contributed by atoms with E-state index < -0.39 is 64.2 Å². The van der Waals surface area contributed by atoms with Gasteiger partial charge in [-0.25, -0.2) is 9.68 Å². The van der Waals surface area contributed by atoms with E-state index in [-0.39, 0.29) is 41.0 Å². The smallest absolute Gasteiger partial charge is 0.328 e. The fraction of sp³-hybridized carbons (Fsp3) is 0.500. The van der Waals surface area contributed by atoms with Gasteiger partial charge in [0.15, 0.2) is 0 Å². The Labute approximate surface area is 262 Å². The first kappa shape index (κ1) is 20.0. The van der Waals surface area contributed by atoms with E-state index >= 15 is 0 Å². The molecular formula is C30H48N2O9. The predicted octanol–water partition coefficient (Wildman–Crippen LogP) is 3.24. The number of hydrogen-bond donors (Lipinski definition) is 6. The van der Waals surface area contributed by atoms with Gasteiger partial charge in [-0.15, -0.1) is 0 Å². The molecule has 0 aliphatic heterocycles. The van der Waals surface area contributed by atoms with Crippen molar-refractivity contribution in [3.05, 3.63) is 71.8 Å². The van der Waals surface area contributed by atoms with Gasteiger partial charge in [-0.3, -0.25) is 5.26 Å². The summed E-state index contributed by atoms with van der Waals surface area (Å²) in [6.07, 6.45) is -0.396. The molecule has 11 heteroatoms. The molecule has 0 fully saturated rings. The fourth-order valence-corrected chi connectivity index (χ4v) is 2.79. The first-order valence-corrected chi connectivity index (χ1v) is 12.2. The Hall–Kier alpha value is -3.03. The molecule has 0 bridgehead atoms. The number of aliphatic hydroxyl groups is 2. The van der Waals surface area contributed by atoms with Gasteiger partial charge in [0, 0.05) is 50.4 Å². The number of aliphatic carboxylic acids is 1. The van der Waals surface area contributed by atoms with Gasteiger partial charge in [0.2, 0.25) is 0 Å². The van der Waals surface area contributed by atoms with E-state index in [1.807, 2.05) is 0 Å². The second-order valence-electron chi connectivity index (χ2n) is 8.30. The lowest BCUT2D eigenvalue weighted by Gasteiger charge is -2.15. The zero-order valence-electron chi connectivity index (χ0n) is 35.3. The highest BCUT2D eigenvalue weighted by atomic mass is 17.1. The molecule has 6 N–H and O–H groups in total. The first-order chi connectivity index (χ1) is 24.9. The van der Waals surface area contributed by atoms with Gasteiger partial charge < -0.3 is 40.2 Å². The van der Waals surface area contributed by atoms with Gasteiger partial charge in [0.05, 0.1) is 13.2 Å². The molecule has 0 spiro atoms. The number of carbonyl (C=O) groups is 1. The molecule has 0 aromatic heterocycles. The quantitative estimate of drug-likeness (QED) is 0.0805. The van der Waals surface area contributed by atoms with E-state index in [2.05, 4.69) is 15.5 Å². The standard InChI is InChI=1S/C26H40N2O5.C4H6O4.H2/c1-19(2)27-13-23(29)17-32-25-9-5-21(6-10-25)15-31-16-22-7-11-26(12-8-22)33-18-24(30)14-28-20(3)4;5-4(6)2-1-3-8-7;/h5-12,19-20,23-24,27-30H,13-18H2,1-4H3;1-2,7H,3H2,(H,5,6);1H/b;2-1+;/i1D2,2D3,3D3,4D3,19D,20D;;1+1. The van der Waals surface area contributed by atoms with Crippen molar-refractivity contribution in [1.82, 2.24) is 10.6 Å². The number of carboxylic acids is 1. The molecule has 3 atom stereocenters. The van der Waals surface area contributed by atoms with E-state index in [0.29, 0.717) is 11.5 Å². The minimum atomic E-state index is -3.15. The van der Waals surface area contributed by atoms with Crippen LogP contribution in [-0.4, -0.2) is 83.7 Å². The summed E-state index contributed by atoms with van der Waals surface area (Å²) in [4.78, 5) is 13.2. The summed E-state index contributed by atoms with van der Waals surface area (Å²) in [6.45, 7) is -12.1. The molecule has 232 valence electrons. The molecule has 0 saturated carbocycles. The van der Waals surface area contributed by atoms with Crippen LogP contribution in [0.3, 0.4) is 0 Å². The van der Waals surface area contributed by atoms with Crippen molar-refractivity contribution in [2.45, 2.75) is 64.9 Å². The average Bonchev–Trinajstić information content (AvgIpc) is 3.07. The summed E-state index contributed by atoms with van der Waals surface area (Å²) in [6, 6.07) is 8.09. The largest absolute Gasteiger partial charge is 0.491 e. The monoisotopic (exact) mass is 594 g/mol. The molecule has 0 aliphatic carbocycles. The summed E-state index contributed by atoms with van der Waals surface area (Å²) >= 11 is 0. The van der Waals surface area contributed by atoms with Gasteiger partial charge in [0.25, 0.3) is 0 Å². The summed E-state index contributed by atoms with van der Waals surface area (Å²) in [5, 5.41) is 40.2. The van der Waals surface area contributed by atoms with Crippen LogP contribution in [0.2, 0.25) is 0 Å². The van der Waals surface area contributed by atoms with Crippen molar-refractivity contribution in [2.75, 3.05) is 32.9 Å². The highest BCUT2D eigenvalue weighted by molar-refractivity contribution is 5.79. The van der Waals surface area contributed by atoms with Crippen molar-refractivity contribution in [1.29, 1.82) is 0 Å². The van der Waals surface area contributed by atoms with Gasteiger partial charge in [-0.1, -0.05) is 51.7 Å². The van der Waals surface area contributed by atoms with Crippen molar-refractivity contribution in [2.24, 2.45) is 0 Å². The average molecular weight is 595 g/mol. The third-order valence-corrected chi connectivity index (χ3v) is 4.74. The normalized spacial score (nSPS) is 20.0.